The van der Waals surface area contributed by atoms with Gasteiger partial charge in [-0.3, -0.25) is 4.79 Å². The second kappa shape index (κ2) is 8.74. The Balaban J connectivity index is 0.00000113. The zero-order valence-electron chi connectivity index (χ0n) is 14.6. The fourth-order valence-corrected chi connectivity index (χ4v) is 5.15. The lowest BCUT2D eigenvalue weighted by atomic mass is 9.65. The summed E-state index contributed by atoms with van der Waals surface area (Å²) in [5.41, 5.74) is 7.58. The maximum atomic E-state index is 12.9. The standard InChI is InChI=1S/C18H28N4O.2ClH/c19-17-13-2-1-3-14(17)9-15(8-13)18(23)22-6-4-12(5-7-22)16-10-20-11-21-16;;/h10-15,17H,1-9,19H2,(H,20,21);2*1H. The summed E-state index contributed by atoms with van der Waals surface area (Å²) in [6.07, 6.45) is 11.6. The number of fused-ring (bicyclic) bond motifs is 2. The first-order chi connectivity index (χ1) is 11.2. The number of amides is 1. The number of likely N-dealkylation sites (tertiary alicyclic amines) is 1. The molecule has 1 aliphatic heterocycles. The summed E-state index contributed by atoms with van der Waals surface area (Å²) in [5, 5.41) is 0. The Labute approximate surface area is 162 Å². The molecule has 2 saturated carbocycles. The molecular weight excluding hydrogens is 359 g/mol. The highest BCUT2D eigenvalue weighted by Gasteiger charge is 2.42. The molecule has 4 rings (SSSR count). The molecule has 2 heterocycles. The van der Waals surface area contributed by atoms with Crippen LogP contribution in [0.5, 0.6) is 0 Å². The van der Waals surface area contributed by atoms with E-state index in [2.05, 4.69) is 14.9 Å². The number of carbonyl (C=O) groups excluding carboxylic acids is 1. The van der Waals surface area contributed by atoms with E-state index in [1.54, 1.807) is 6.33 Å². The molecule has 3 N–H and O–H groups in total. The van der Waals surface area contributed by atoms with E-state index >= 15 is 0 Å². The zero-order chi connectivity index (χ0) is 15.8. The van der Waals surface area contributed by atoms with Crippen molar-refractivity contribution in [3.63, 3.8) is 0 Å². The molecule has 2 unspecified atom stereocenters. The van der Waals surface area contributed by atoms with Crippen molar-refractivity contribution in [1.82, 2.24) is 14.9 Å². The van der Waals surface area contributed by atoms with Crippen LogP contribution in [0, 0.1) is 17.8 Å². The number of nitrogens with two attached hydrogens (primary N) is 1. The van der Waals surface area contributed by atoms with E-state index < -0.39 is 0 Å². The SMILES string of the molecule is Cl.Cl.NC1C2CCCC1CC(C(=O)N1CCC(c3cnc[nH]3)CC1)C2. The second-order valence-corrected chi connectivity index (χ2v) is 7.80. The number of carbonyl (C=O) groups is 1. The Bertz CT molecular complexity index is 531. The van der Waals surface area contributed by atoms with Crippen LogP contribution in [0.2, 0.25) is 0 Å². The summed E-state index contributed by atoms with van der Waals surface area (Å²) in [6, 6.07) is 0.346. The summed E-state index contributed by atoms with van der Waals surface area (Å²) in [6.45, 7) is 1.78. The van der Waals surface area contributed by atoms with Gasteiger partial charge in [-0.2, -0.15) is 0 Å². The van der Waals surface area contributed by atoms with Gasteiger partial charge in [-0.05, 0) is 50.4 Å². The van der Waals surface area contributed by atoms with Crippen LogP contribution in [0.3, 0.4) is 0 Å². The molecule has 2 atom stereocenters. The van der Waals surface area contributed by atoms with Crippen molar-refractivity contribution < 1.29 is 4.79 Å². The van der Waals surface area contributed by atoms with Gasteiger partial charge in [0.1, 0.15) is 0 Å². The average molecular weight is 389 g/mol. The van der Waals surface area contributed by atoms with Gasteiger partial charge >= 0.3 is 0 Å². The molecule has 2 aliphatic carbocycles. The van der Waals surface area contributed by atoms with Gasteiger partial charge in [0.25, 0.3) is 0 Å². The minimum Gasteiger partial charge on any atom is -0.348 e. The number of halogens is 2. The lowest BCUT2D eigenvalue weighted by molar-refractivity contribution is -0.139. The van der Waals surface area contributed by atoms with E-state index in [0.29, 0.717) is 29.7 Å². The quantitative estimate of drug-likeness (QED) is 0.816. The average Bonchev–Trinajstić information content (AvgIpc) is 3.08. The Morgan fingerprint density at radius 3 is 2.32 bits per heavy atom. The van der Waals surface area contributed by atoms with Crippen molar-refractivity contribution in [3.05, 3.63) is 18.2 Å². The number of aromatic amines is 1. The van der Waals surface area contributed by atoms with Crippen LogP contribution in [-0.2, 0) is 4.79 Å². The van der Waals surface area contributed by atoms with Gasteiger partial charge in [0.2, 0.25) is 5.91 Å². The molecule has 0 radical (unpaired) electrons. The van der Waals surface area contributed by atoms with Gasteiger partial charge in [-0.15, -0.1) is 24.8 Å². The first-order valence-electron chi connectivity index (χ1n) is 9.25. The number of piperidine rings is 1. The largest absolute Gasteiger partial charge is 0.348 e. The van der Waals surface area contributed by atoms with Crippen molar-refractivity contribution in [2.24, 2.45) is 23.5 Å². The Morgan fingerprint density at radius 1 is 1.12 bits per heavy atom. The smallest absolute Gasteiger partial charge is 0.225 e. The van der Waals surface area contributed by atoms with Crippen LogP contribution in [0.15, 0.2) is 12.5 Å². The lowest BCUT2D eigenvalue weighted by Crippen LogP contribution is -2.50. The Hall–Kier alpha value is -0.780. The number of H-pyrrole nitrogens is 1. The van der Waals surface area contributed by atoms with Crippen LogP contribution in [0.25, 0.3) is 0 Å². The first-order valence-corrected chi connectivity index (χ1v) is 9.25. The molecule has 0 spiro atoms. The van der Waals surface area contributed by atoms with Gasteiger partial charge < -0.3 is 15.6 Å². The predicted octanol–water partition coefficient (Wildman–Crippen LogP) is 3.11. The first kappa shape index (κ1) is 20.5. The van der Waals surface area contributed by atoms with E-state index in [4.69, 9.17) is 5.73 Å². The monoisotopic (exact) mass is 388 g/mol. The summed E-state index contributed by atoms with van der Waals surface area (Å²) >= 11 is 0. The molecule has 3 fully saturated rings. The molecule has 1 amide bonds. The van der Waals surface area contributed by atoms with Crippen LogP contribution >= 0.6 is 24.8 Å². The van der Waals surface area contributed by atoms with E-state index in [-0.39, 0.29) is 30.7 Å². The molecule has 0 aromatic carbocycles. The van der Waals surface area contributed by atoms with Crippen LogP contribution < -0.4 is 5.73 Å². The Morgan fingerprint density at radius 2 is 1.76 bits per heavy atom. The van der Waals surface area contributed by atoms with Gasteiger partial charge in [-0.25, -0.2) is 4.98 Å². The van der Waals surface area contributed by atoms with Crippen molar-refractivity contribution >= 4 is 30.7 Å². The van der Waals surface area contributed by atoms with Crippen LogP contribution in [-0.4, -0.2) is 39.9 Å². The van der Waals surface area contributed by atoms with Crippen LogP contribution in [0.1, 0.15) is 56.6 Å². The van der Waals surface area contributed by atoms with Gasteiger partial charge in [-0.1, -0.05) is 6.42 Å². The highest BCUT2D eigenvalue weighted by atomic mass is 35.5. The number of hydrogen-bond acceptors (Lipinski definition) is 3. The van der Waals surface area contributed by atoms with Gasteiger partial charge in [0, 0.05) is 42.9 Å². The third-order valence-electron chi connectivity index (χ3n) is 6.53. The summed E-state index contributed by atoms with van der Waals surface area (Å²) in [7, 11) is 0. The summed E-state index contributed by atoms with van der Waals surface area (Å²) in [4.78, 5) is 22.4. The van der Waals surface area contributed by atoms with Crippen molar-refractivity contribution in [2.75, 3.05) is 13.1 Å². The Kier molecular flexibility index (Phi) is 7.18. The highest BCUT2D eigenvalue weighted by Crippen LogP contribution is 2.42. The number of imidazole rings is 1. The maximum Gasteiger partial charge on any atom is 0.225 e. The van der Waals surface area contributed by atoms with Crippen molar-refractivity contribution in [3.8, 4) is 0 Å². The molecule has 7 heteroatoms. The third-order valence-corrected chi connectivity index (χ3v) is 6.53. The van der Waals surface area contributed by atoms with E-state index in [9.17, 15) is 4.79 Å². The topological polar surface area (TPSA) is 75.0 Å². The minimum absolute atomic E-state index is 0. The van der Waals surface area contributed by atoms with E-state index in [0.717, 1.165) is 38.8 Å². The summed E-state index contributed by atoms with van der Waals surface area (Å²) in [5.74, 6) is 2.32. The predicted molar refractivity (Wildman–Crippen MR) is 103 cm³/mol. The molecule has 5 nitrogen and oxygen atoms in total. The minimum atomic E-state index is 0. The van der Waals surface area contributed by atoms with Crippen molar-refractivity contribution in [2.45, 2.75) is 56.9 Å². The molecule has 2 bridgehead atoms. The van der Waals surface area contributed by atoms with Crippen molar-refractivity contribution in [1.29, 1.82) is 0 Å². The number of nitrogens with one attached hydrogen (secondary N) is 1. The molecular formula is C18H30Cl2N4O. The number of hydrogen-bond donors (Lipinski definition) is 2. The zero-order valence-corrected chi connectivity index (χ0v) is 16.2. The normalized spacial score (nSPS) is 32.4. The second-order valence-electron chi connectivity index (χ2n) is 7.80. The number of rotatable bonds is 2. The van der Waals surface area contributed by atoms with E-state index in [1.165, 1.54) is 25.0 Å². The molecule has 3 aliphatic rings. The van der Waals surface area contributed by atoms with Gasteiger partial charge in [0.15, 0.2) is 0 Å². The summed E-state index contributed by atoms with van der Waals surface area (Å²) < 4.78 is 0. The fraction of sp³-hybridized carbons (Fsp3) is 0.778. The molecule has 142 valence electrons. The molecule has 1 saturated heterocycles. The van der Waals surface area contributed by atoms with Crippen LogP contribution in [0.4, 0.5) is 0 Å². The highest BCUT2D eigenvalue weighted by molar-refractivity contribution is 5.85. The molecule has 1 aromatic rings. The number of nitrogens with zero attached hydrogens (tertiary/aromatic N) is 2. The van der Waals surface area contributed by atoms with Gasteiger partial charge in [0.05, 0.1) is 6.33 Å². The maximum absolute atomic E-state index is 12.9. The number of aromatic nitrogens is 2. The lowest BCUT2D eigenvalue weighted by Gasteiger charge is -2.45. The molecule has 1 aromatic heterocycles. The third kappa shape index (κ3) is 4.15. The molecule has 25 heavy (non-hydrogen) atoms. The van der Waals surface area contributed by atoms with E-state index in [1.807, 2.05) is 6.20 Å². The fourth-order valence-electron chi connectivity index (χ4n) is 5.15.